The van der Waals surface area contributed by atoms with E-state index in [2.05, 4.69) is 20.4 Å². The Bertz CT molecular complexity index is 1070. The van der Waals surface area contributed by atoms with Gasteiger partial charge >= 0.3 is 0 Å². The first-order chi connectivity index (χ1) is 13.2. The van der Waals surface area contributed by atoms with E-state index in [1.807, 2.05) is 47.3 Å². The summed E-state index contributed by atoms with van der Waals surface area (Å²) >= 11 is 1.52. The quantitative estimate of drug-likeness (QED) is 0.708. The first kappa shape index (κ1) is 17.2. The summed E-state index contributed by atoms with van der Waals surface area (Å²) in [4.78, 5) is 21.0. The van der Waals surface area contributed by atoms with Crippen LogP contribution in [0.2, 0.25) is 0 Å². The minimum atomic E-state index is -0.157. The SMILES string of the molecule is CCN=c1scc(-c2ccc3c(c2)NC(=O)CO3)n1N=Cc1ccncc1. The Balaban J connectivity index is 1.77. The molecule has 1 aromatic carbocycles. The first-order valence-corrected chi connectivity index (χ1v) is 9.35. The van der Waals surface area contributed by atoms with Crippen molar-refractivity contribution in [2.24, 2.45) is 10.1 Å². The minimum absolute atomic E-state index is 0.0422. The zero-order valence-electron chi connectivity index (χ0n) is 14.6. The van der Waals surface area contributed by atoms with Gasteiger partial charge in [-0.25, -0.2) is 4.68 Å². The van der Waals surface area contributed by atoms with Crippen LogP contribution in [0.3, 0.4) is 0 Å². The first-order valence-electron chi connectivity index (χ1n) is 8.47. The molecule has 1 aliphatic heterocycles. The zero-order chi connectivity index (χ0) is 18.6. The summed E-state index contributed by atoms with van der Waals surface area (Å²) in [6, 6.07) is 9.47. The molecule has 0 bridgehead atoms. The van der Waals surface area contributed by atoms with Gasteiger partial charge in [-0.05, 0) is 42.8 Å². The molecule has 136 valence electrons. The average molecular weight is 379 g/mol. The van der Waals surface area contributed by atoms with E-state index >= 15 is 0 Å². The van der Waals surface area contributed by atoms with Crippen LogP contribution in [0.1, 0.15) is 12.5 Å². The highest BCUT2D eigenvalue weighted by Gasteiger charge is 2.17. The number of anilines is 1. The van der Waals surface area contributed by atoms with Crippen LogP contribution in [-0.2, 0) is 4.79 Å². The van der Waals surface area contributed by atoms with Gasteiger partial charge in [0.2, 0.25) is 4.80 Å². The molecule has 3 heterocycles. The van der Waals surface area contributed by atoms with Crippen LogP contribution >= 0.6 is 11.3 Å². The molecular weight excluding hydrogens is 362 g/mol. The van der Waals surface area contributed by atoms with Crippen molar-refractivity contribution in [1.29, 1.82) is 0 Å². The van der Waals surface area contributed by atoms with E-state index in [1.165, 1.54) is 11.3 Å². The maximum absolute atomic E-state index is 11.6. The number of carbonyl (C=O) groups excluding carboxylic acids is 1. The Morgan fingerprint density at radius 3 is 3.00 bits per heavy atom. The predicted molar refractivity (Wildman–Crippen MR) is 105 cm³/mol. The normalized spacial score (nSPS) is 14.1. The van der Waals surface area contributed by atoms with Crippen LogP contribution in [0.25, 0.3) is 11.3 Å². The van der Waals surface area contributed by atoms with Gasteiger partial charge in [0.1, 0.15) is 5.75 Å². The van der Waals surface area contributed by atoms with E-state index in [9.17, 15) is 4.79 Å². The number of hydrogen-bond donors (Lipinski definition) is 1. The number of nitrogens with one attached hydrogen (secondary N) is 1. The van der Waals surface area contributed by atoms with Gasteiger partial charge in [-0.1, -0.05) is 0 Å². The van der Waals surface area contributed by atoms with Gasteiger partial charge in [-0.15, -0.1) is 11.3 Å². The standard InChI is InChI=1S/C19H17N5O2S/c1-2-21-19-24(22-10-13-5-7-20-8-6-13)16(12-27-19)14-3-4-17-15(9-14)23-18(25)11-26-17/h3-10,12H,2,11H2,1H3,(H,23,25). The summed E-state index contributed by atoms with van der Waals surface area (Å²) in [5.41, 5.74) is 3.41. The Morgan fingerprint density at radius 1 is 1.33 bits per heavy atom. The summed E-state index contributed by atoms with van der Waals surface area (Å²) in [5, 5.41) is 9.47. The largest absolute Gasteiger partial charge is 0.482 e. The van der Waals surface area contributed by atoms with Crippen molar-refractivity contribution in [2.75, 3.05) is 18.5 Å². The lowest BCUT2D eigenvalue weighted by molar-refractivity contribution is -0.118. The maximum Gasteiger partial charge on any atom is 0.262 e. The van der Waals surface area contributed by atoms with Gasteiger partial charge in [0.15, 0.2) is 6.61 Å². The minimum Gasteiger partial charge on any atom is -0.482 e. The summed E-state index contributed by atoms with van der Waals surface area (Å²) in [7, 11) is 0. The molecule has 2 aromatic heterocycles. The van der Waals surface area contributed by atoms with E-state index in [1.54, 1.807) is 18.6 Å². The third-order valence-electron chi connectivity index (χ3n) is 3.92. The summed E-state index contributed by atoms with van der Waals surface area (Å²) < 4.78 is 7.24. The van der Waals surface area contributed by atoms with Gasteiger partial charge in [0.05, 0.1) is 17.6 Å². The third-order valence-corrected chi connectivity index (χ3v) is 4.77. The summed E-state index contributed by atoms with van der Waals surface area (Å²) in [6.45, 7) is 2.70. The molecule has 0 atom stereocenters. The van der Waals surface area contributed by atoms with E-state index in [4.69, 9.17) is 4.74 Å². The fraction of sp³-hybridized carbons (Fsp3) is 0.158. The molecule has 0 saturated carbocycles. The second kappa shape index (κ2) is 7.55. The number of fused-ring (bicyclic) bond motifs is 1. The highest BCUT2D eigenvalue weighted by atomic mass is 32.1. The van der Waals surface area contributed by atoms with Gasteiger partial charge < -0.3 is 10.1 Å². The van der Waals surface area contributed by atoms with Crippen LogP contribution in [-0.4, -0.2) is 34.9 Å². The van der Waals surface area contributed by atoms with Crippen molar-refractivity contribution in [3.63, 3.8) is 0 Å². The Labute approximate surface area is 159 Å². The molecular formula is C19H17N5O2S. The molecule has 0 aliphatic carbocycles. The lowest BCUT2D eigenvalue weighted by Gasteiger charge is -2.18. The lowest BCUT2D eigenvalue weighted by atomic mass is 10.1. The second-order valence-corrected chi connectivity index (χ2v) is 6.60. The molecule has 1 aliphatic rings. The molecule has 4 rings (SSSR count). The number of benzene rings is 1. The molecule has 1 N–H and O–H groups in total. The van der Waals surface area contributed by atoms with Gasteiger partial charge in [0, 0.05) is 29.9 Å². The van der Waals surface area contributed by atoms with Crippen molar-refractivity contribution in [3.05, 3.63) is 58.5 Å². The number of nitrogens with zero attached hydrogens (tertiary/aromatic N) is 4. The van der Waals surface area contributed by atoms with E-state index in [-0.39, 0.29) is 12.5 Å². The fourth-order valence-electron chi connectivity index (χ4n) is 2.67. The molecule has 7 nitrogen and oxygen atoms in total. The van der Waals surface area contributed by atoms with Crippen LogP contribution in [0.15, 0.2) is 58.2 Å². The molecule has 0 spiro atoms. The number of amides is 1. The van der Waals surface area contributed by atoms with Crippen molar-refractivity contribution in [2.45, 2.75) is 6.92 Å². The average Bonchev–Trinajstić information content (AvgIpc) is 3.09. The number of rotatable bonds is 4. The van der Waals surface area contributed by atoms with E-state index in [0.29, 0.717) is 18.0 Å². The monoisotopic (exact) mass is 379 g/mol. The number of aromatic nitrogens is 2. The topological polar surface area (TPSA) is 80.9 Å². The van der Waals surface area contributed by atoms with E-state index < -0.39 is 0 Å². The second-order valence-electron chi connectivity index (χ2n) is 5.76. The number of hydrogen-bond acceptors (Lipinski definition) is 6. The number of ether oxygens (including phenoxy) is 1. The Hall–Kier alpha value is -3.26. The number of pyridine rings is 1. The summed E-state index contributed by atoms with van der Waals surface area (Å²) in [5.74, 6) is 0.508. The molecule has 0 radical (unpaired) electrons. The van der Waals surface area contributed by atoms with E-state index in [0.717, 1.165) is 21.6 Å². The molecule has 27 heavy (non-hydrogen) atoms. The zero-order valence-corrected chi connectivity index (χ0v) is 15.4. The predicted octanol–water partition coefficient (Wildman–Crippen LogP) is 2.75. The van der Waals surface area contributed by atoms with Crippen molar-refractivity contribution < 1.29 is 9.53 Å². The summed E-state index contributed by atoms with van der Waals surface area (Å²) in [6.07, 6.45) is 5.23. The Morgan fingerprint density at radius 2 is 2.19 bits per heavy atom. The molecule has 8 heteroatoms. The molecule has 0 fully saturated rings. The van der Waals surface area contributed by atoms with Crippen LogP contribution in [0, 0.1) is 0 Å². The van der Waals surface area contributed by atoms with Crippen LogP contribution in [0.4, 0.5) is 5.69 Å². The highest BCUT2D eigenvalue weighted by Crippen LogP contribution is 2.32. The molecule has 0 unspecified atom stereocenters. The Kier molecular flexibility index (Phi) is 4.80. The molecule has 1 amide bonds. The van der Waals surface area contributed by atoms with Crippen LogP contribution < -0.4 is 14.9 Å². The molecule has 3 aromatic rings. The lowest BCUT2D eigenvalue weighted by Crippen LogP contribution is -2.25. The smallest absolute Gasteiger partial charge is 0.262 e. The fourth-order valence-corrected chi connectivity index (χ4v) is 3.57. The van der Waals surface area contributed by atoms with Crippen molar-refractivity contribution in [1.82, 2.24) is 9.66 Å². The maximum atomic E-state index is 11.6. The molecule has 0 saturated heterocycles. The highest BCUT2D eigenvalue weighted by molar-refractivity contribution is 7.07. The number of thiazole rings is 1. The number of carbonyl (C=O) groups is 1. The van der Waals surface area contributed by atoms with Crippen LogP contribution in [0.5, 0.6) is 5.75 Å². The van der Waals surface area contributed by atoms with Crippen molar-refractivity contribution >= 4 is 29.1 Å². The van der Waals surface area contributed by atoms with Gasteiger partial charge in [0.25, 0.3) is 5.91 Å². The van der Waals surface area contributed by atoms with Gasteiger partial charge in [-0.2, -0.15) is 5.10 Å². The third kappa shape index (κ3) is 3.65. The van der Waals surface area contributed by atoms with Gasteiger partial charge in [-0.3, -0.25) is 14.8 Å². The van der Waals surface area contributed by atoms with Crippen molar-refractivity contribution in [3.8, 4) is 17.0 Å².